The van der Waals surface area contributed by atoms with Crippen LogP contribution >= 0.6 is 0 Å². The smallest absolute Gasteiger partial charge is 0.126 e. The molecule has 0 radical (unpaired) electrons. The van der Waals surface area contributed by atoms with Gasteiger partial charge in [0.15, 0.2) is 0 Å². The van der Waals surface area contributed by atoms with Crippen molar-refractivity contribution in [2.45, 2.75) is 89.1 Å². The van der Waals surface area contributed by atoms with Gasteiger partial charge in [0.1, 0.15) is 5.82 Å². The number of ether oxygens (including phenoxy) is 1. The molecule has 52 heavy (non-hydrogen) atoms. The van der Waals surface area contributed by atoms with Crippen LogP contribution in [0.5, 0.6) is 0 Å². The molecule has 8 rings (SSSR count). The van der Waals surface area contributed by atoms with E-state index < -0.39 is 8.07 Å². The summed E-state index contributed by atoms with van der Waals surface area (Å²) in [4.78, 5) is 0. The molecule has 2 nitrogen and oxygen atoms in total. The van der Waals surface area contributed by atoms with E-state index in [2.05, 4.69) is 131 Å². The predicted molar refractivity (Wildman–Crippen MR) is 218 cm³/mol. The Morgan fingerprint density at radius 1 is 0.712 bits per heavy atom. The van der Waals surface area contributed by atoms with E-state index in [1.807, 2.05) is 12.1 Å². The summed E-state index contributed by atoms with van der Waals surface area (Å²) >= 11 is 0. The lowest BCUT2D eigenvalue weighted by atomic mass is 9.99. The maximum atomic E-state index is 15.0. The zero-order valence-corrected chi connectivity index (χ0v) is 32.7. The molecule has 3 atom stereocenters. The highest BCUT2D eigenvalue weighted by Gasteiger charge is 2.53. The highest BCUT2D eigenvalue weighted by atomic mass is 28.3. The average Bonchev–Trinajstić information content (AvgIpc) is 3.74. The van der Waals surface area contributed by atoms with Gasteiger partial charge in [-0.3, -0.25) is 0 Å². The number of hydrogen-bond donors (Lipinski definition) is 0. The van der Waals surface area contributed by atoms with E-state index in [-0.39, 0.29) is 11.4 Å². The average molecular weight is 706 g/mol. The van der Waals surface area contributed by atoms with Crippen LogP contribution in [0.4, 0.5) is 4.39 Å². The van der Waals surface area contributed by atoms with Crippen LogP contribution in [0.3, 0.4) is 0 Å². The van der Waals surface area contributed by atoms with Gasteiger partial charge in [0.25, 0.3) is 0 Å². The van der Waals surface area contributed by atoms with Crippen molar-refractivity contribution in [2.75, 3.05) is 6.61 Å². The van der Waals surface area contributed by atoms with E-state index in [1.165, 1.54) is 86.4 Å². The van der Waals surface area contributed by atoms with Crippen LogP contribution in [-0.2, 0) is 18.2 Å². The lowest BCUT2D eigenvalue weighted by molar-refractivity contribution is -0.00471. The number of halogens is 1. The van der Waals surface area contributed by atoms with Gasteiger partial charge in [-0.05, 0) is 96.8 Å². The minimum atomic E-state index is -2.35. The van der Waals surface area contributed by atoms with Gasteiger partial charge < -0.3 is 9.30 Å². The Morgan fingerprint density at radius 2 is 1.38 bits per heavy atom. The quantitative estimate of drug-likeness (QED) is 0.0967. The van der Waals surface area contributed by atoms with Gasteiger partial charge in [0.05, 0.1) is 19.4 Å². The Balaban J connectivity index is 1.27. The van der Waals surface area contributed by atoms with Crippen LogP contribution in [0.1, 0.15) is 96.5 Å². The van der Waals surface area contributed by atoms with E-state index in [9.17, 15) is 4.39 Å². The molecule has 0 saturated carbocycles. The molecule has 1 heterocycles. The Kier molecular flexibility index (Phi) is 9.12. The third-order valence-electron chi connectivity index (χ3n) is 12.0. The number of hydrogen-bond acceptors (Lipinski definition) is 1. The highest BCUT2D eigenvalue weighted by Crippen LogP contribution is 2.60. The first-order valence-electron chi connectivity index (χ1n) is 19.3. The van der Waals surface area contributed by atoms with Gasteiger partial charge in [-0.25, -0.2) is 4.39 Å². The highest BCUT2D eigenvalue weighted by molar-refractivity contribution is 6.83. The fourth-order valence-electron chi connectivity index (χ4n) is 9.74. The molecule has 2 aliphatic rings. The molecule has 0 amide bonds. The Hall–Kier alpha value is -4.25. The standard InChI is InChI=1S/C48H52FNOSi/c1-32-23-26-43-41(29-32)44-45(50(43)5)37-19-11-13-21-39(37)47(44)52(6,28-16-8-7-15-27-51-48(2,3)4)46-38-20-12-10-18-35(38)36-25-24-33(31-40(36)46)30-34-17-9-14-22-42(34)49/h9-14,17-26,29,31,46-47H,7-8,15-16,27-28,30H2,1-6H3. The number of nitrogens with zero attached hydrogens (tertiary/aromatic N) is 1. The second kappa shape index (κ2) is 13.6. The summed E-state index contributed by atoms with van der Waals surface area (Å²) in [6, 6.07) is 41.0. The molecular weight excluding hydrogens is 654 g/mol. The minimum Gasteiger partial charge on any atom is -0.376 e. The second-order valence-electron chi connectivity index (χ2n) is 16.7. The predicted octanol–water partition coefficient (Wildman–Crippen LogP) is 12.7. The minimum absolute atomic E-state index is 0.0930. The SMILES string of the molecule is Cc1ccc2c(c1)c1c(n2C)-c2ccccc2C1[Si](C)(CCCCCCOC(C)(C)C)C1c2ccccc2-c2ccc(Cc3ccccc3F)cc21. The first-order valence-corrected chi connectivity index (χ1v) is 22.2. The number of benzene rings is 5. The van der Waals surface area contributed by atoms with E-state index >= 15 is 0 Å². The van der Waals surface area contributed by atoms with Crippen molar-refractivity contribution in [2.24, 2.45) is 7.05 Å². The zero-order chi connectivity index (χ0) is 36.2. The van der Waals surface area contributed by atoms with E-state index in [1.54, 1.807) is 17.7 Å². The Morgan fingerprint density at radius 3 is 2.15 bits per heavy atom. The van der Waals surface area contributed by atoms with Crippen molar-refractivity contribution in [3.63, 3.8) is 0 Å². The number of aryl methyl sites for hydroxylation is 2. The topological polar surface area (TPSA) is 14.2 Å². The summed E-state index contributed by atoms with van der Waals surface area (Å²) in [5.74, 6) is -0.128. The summed E-state index contributed by atoms with van der Waals surface area (Å²) < 4.78 is 23.5. The summed E-state index contributed by atoms with van der Waals surface area (Å²) in [5.41, 5.74) is 16.7. The van der Waals surface area contributed by atoms with E-state index in [0.29, 0.717) is 17.5 Å². The van der Waals surface area contributed by atoms with Crippen LogP contribution in [-0.4, -0.2) is 24.8 Å². The molecule has 1 aromatic heterocycles. The Bertz CT molecular complexity index is 2280. The lowest BCUT2D eigenvalue weighted by Crippen LogP contribution is -2.45. The molecule has 0 fully saturated rings. The van der Waals surface area contributed by atoms with Crippen molar-refractivity contribution in [3.05, 3.63) is 154 Å². The molecule has 0 N–H and O–H groups in total. The molecule has 0 aliphatic heterocycles. The van der Waals surface area contributed by atoms with E-state index in [4.69, 9.17) is 4.74 Å². The fourth-order valence-corrected chi connectivity index (χ4v) is 15.5. The molecule has 0 bridgehead atoms. The van der Waals surface area contributed by atoms with Gasteiger partial charge in [-0.2, -0.15) is 0 Å². The van der Waals surface area contributed by atoms with Crippen molar-refractivity contribution < 1.29 is 9.13 Å². The van der Waals surface area contributed by atoms with Crippen LogP contribution in [0.15, 0.2) is 109 Å². The lowest BCUT2D eigenvalue weighted by Gasteiger charge is -2.41. The van der Waals surface area contributed by atoms with Gasteiger partial charge >= 0.3 is 0 Å². The van der Waals surface area contributed by atoms with Crippen LogP contribution in [0.25, 0.3) is 33.3 Å². The number of rotatable bonds is 11. The summed E-state index contributed by atoms with van der Waals surface area (Å²) in [6.07, 6.45) is 5.30. The van der Waals surface area contributed by atoms with Crippen molar-refractivity contribution >= 4 is 19.0 Å². The molecule has 0 saturated heterocycles. The third kappa shape index (κ3) is 6.08. The normalized spacial score (nSPS) is 17.1. The first-order chi connectivity index (χ1) is 25.0. The van der Waals surface area contributed by atoms with E-state index in [0.717, 1.165) is 18.6 Å². The van der Waals surface area contributed by atoms with Crippen LogP contribution in [0.2, 0.25) is 12.6 Å². The molecular formula is C48H52FNOSi. The van der Waals surface area contributed by atoms with Gasteiger partial charge in [0, 0.05) is 47.6 Å². The van der Waals surface area contributed by atoms with Crippen molar-refractivity contribution in [1.29, 1.82) is 0 Å². The molecule has 0 spiro atoms. The maximum absolute atomic E-state index is 15.0. The largest absolute Gasteiger partial charge is 0.376 e. The molecule has 2 aliphatic carbocycles. The molecule has 5 aromatic carbocycles. The molecule has 266 valence electrons. The number of unbranched alkanes of at least 4 members (excludes halogenated alkanes) is 3. The van der Waals surface area contributed by atoms with Crippen molar-refractivity contribution in [3.8, 4) is 22.4 Å². The number of fused-ring (bicyclic) bond motifs is 8. The van der Waals surface area contributed by atoms with Crippen LogP contribution < -0.4 is 0 Å². The second-order valence-corrected chi connectivity index (χ2v) is 21.4. The third-order valence-corrected chi connectivity index (χ3v) is 17.3. The first kappa shape index (κ1) is 34.8. The van der Waals surface area contributed by atoms with Crippen LogP contribution in [0, 0.1) is 12.7 Å². The fraction of sp³-hybridized carbons (Fsp3) is 0.333. The summed E-state index contributed by atoms with van der Waals surface area (Å²) in [7, 11) is -0.0853. The Labute approximate surface area is 310 Å². The summed E-state index contributed by atoms with van der Waals surface area (Å²) in [5, 5.41) is 1.41. The molecule has 4 heteroatoms. The van der Waals surface area contributed by atoms with Gasteiger partial charge in [-0.15, -0.1) is 0 Å². The van der Waals surface area contributed by atoms with Gasteiger partial charge in [-0.1, -0.05) is 128 Å². The summed E-state index contributed by atoms with van der Waals surface area (Å²) in [6.45, 7) is 12.2. The van der Waals surface area contributed by atoms with Crippen molar-refractivity contribution in [1.82, 2.24) is 4.57 Å². The monoisotopic (exact) mass is 705 g/mol. The maximum Gasteiger partial charge on any atom is 0.126 e. The zero-order valence-electron chi connectivity index (χ0n) is 31.7. The molecule has 3 unspecified atom stereocenters. The number of aromatic nitrogens is 1. The van der Waals surface area contributed by atoms with Gasteiger partial charge in [0.2, 0.25) is 0 Å². The molecule has 6 aromatic rings.